The standard InChI is InChI=1S/C10H12N2O2S/c1-14-10(13)12-7-9-5-4-8(15-9)3-2-6-11/h4-5H,6-7,11H2,1H3,(H,12,13). The highest BCUT2D eigenvalue weighted by atomic mass is 32.1. The van der Waals surface area contributed by atoms with Gasteiger partial charge in [-0.15, -0.1) is 11.3 Å². The second-order valence-corrected chi connectivity index (χ2v) is 3.79. The number of carbonyl (C=O) groups is 1. The summed E-state index contributed by atoms with van der Waals surface area (Å²) in [5.74, 6) is 5.70. The lowest BCUT2D eigenvalue weighted by molar-refractivity contribution is 0.170. The summed E-state index contributed by atoms with van der Waals surface area (Å²) in [6, 6.07) is 3.82. The summed E-state index contributed by atoms with van der Waals surface area (Å²) in [4.78, 5) is 12.8. The number of amides is 1. The van der Waals surface area contributed by atoms with Crippen molar-refractivity contribution in [2.24, 2.45) is 5.73 Å². The van der Waals surface area contributed by atoms with Crippen LogP contribution in [0.3, 0.4) is 0 Å². The molecule has 1 aromatic rings. The van der Waals surface area contributed by atoms with Crippen LogP contribution in [0.5, 0.6) is 0 Å². The molecule has 0 aromatic carbocycles. The van der Waals surface area contributed by atoms with Gasteiger partial charge < -0.3 is 15.8 Å². The minimum Gasteiger partial charge on any atom is -0.453 e. The van der Waals surface area contributed by atoms with E-state index in [4.69, 9.17) is 5.73 Å². The lowest BCUT2D eigenvalue weighted by atomic mass is 10.4. The van der Waals surface area contributed by atoms with Crippen LogP contribution >= 0.6 is 11.3 Å². The zero-order valence-corrected chi connectivity index (χ0v) is 9.19. The number of ether oxygens (including phenoxy) is 1. The smallest absolute Gasteiger partial charge is 0.407 e. The molecule has 0 aliphatic carbocycles. The molecule has 5 heteroatoms. The number of methoxy groups -OCH3 is 1. The Morgan fingerprint density at radius 2 is 2.47 bits per heavy atom. The molecule has 0 spiro atoms. The summed E-state index contributed by atoms with van der Waals surface area (Å²) in [5.41, 5.74) is 5.26. The van der Waals surface area contributed by atoms with Crippen LogP contribution in [-0.2, 0) is 11.3 Å². The summed E-state index contributed by atoms with van der Waals surface area (Å²) in [6.45, 7) is 0.815. The Balaban J connectivity index is 2.49. The van der Waals surface area contributed by atoms with Crippen molar-refractivity contribution in [1.82, 2.24) is 5.32 Å². The average Bonchev–Trinajstić information content (AvgIpc) is 2.71. The zero-order chi connectivity index (χ0) is 11.1. The van der Waals surface area contributed by atoms with Crippen LogP contribution in [0.1, 0.15) is 9.75 Å². The SMILES string of the molecule is COC(=O)NCc1ccc(C#CCN)s1. The van der Waals surface area contributed by atoms with Gasteiger partial charge in [-0.25, -0.2) is 4.79 Å². The molecule has 0 radical (unpaired) electrons. The summed E-state index contributed by atoms with van der Waals surface area (Å²) in [7, 11) is 1.34. The number of carbonyl (C=O) groups excluding carboxylic acids is 1. The van der Waals surface area contributed by atoms with Gasteiger partial charge in [0.1, 0.15) is 0 Å². The fraction of sp³-hybridized carbons (Fsp3) is 0.300. The van der Waals surface area contributed by atoms with Crippen molar-refractivity contribution in [3.8, 4) is 11.8 Å². The number of nitrogens with one attached hydrogen (secondary N) is 1. The van der Waals surface area contributed by atoms with Gasteiger partial charge in [0.2, 0.25) is 0 Å². The molecule has 1 rings (SSSR count). The first-order chi connectivity index (χ1) is 7.26. The van der Waals surface area contributed by atoms with Gasteiger partial charge in [0.05, 0.1) is 25.1 Å². The van der Waals surface area contributed by atoms with Crippen LogP contribution in [0.25, 0.3) is 0 Å². The molecule has 0 aliphatic heterocycles. The molecule has 1 amide bonds. The largest absolute Gasteiger partial charge is 0.453 e. The quantitative estimate of drug-likeness (QED) is 0.734. The molecule has 0 bridgehead atoms. The predicted molar refractivity (Wildman–Crippen MR) is 59.5 cm³/mol. The molecule has 0 saturated carbocycles. The van der Waals surface area contributed by atoms with Gasteiger partial charge in [-0.2, -0.15) is 0 Å². The van der Waals surface area contributed by atoms with E-state index >= 15 is 0 Å². The maximum absolute atomic E-state index is 10.8. The molecule has 4 nitrogen and oxygen atoms in total. The second kappa shape index (κ2) is 6.06. The molecule has 0 fully saturated rings. The lowest BCUT2D eigenvalue weighted by Gasteiger charge is -1.99. The number of hydrogen-bond donors (Lipinski definition) is 2. The highest BCUT2D eigenvalue weighted by molar-refractivity contribution is 7.12. The number of hydrogen-bond acceptors (Lipinski definition) is 4. The Bertz CT molecular complexity index is 390. The van der Waals surface area contributed by atoms with Crippen LogP contribution in [0.2, 0.25) is 0 Å². The maximum atomic E-state index is 10.8. The summed E-state index contributed by atoms with van der Waals surface area (Å²) in [5, 5.41) is 2.59. The van der Waals surface area contributed by atoms with Crippen LogP contribution in [0.15, 0.2) is 12.1 Å². The fourth-order valence-corrected chi connectivity index (χ4v) is 1.73. The third-order valence-corrected chi connectivity index (χ3v) is 2.57. The van der Waals surface area contributed by atoms with Crippen LogP contribution in [0.4, 0.5) is 4.79 Å². The van der Waals surface area contributed by atoms with Gasteiger partial charge in [-0.1, -0.05) is 11.8 Å². The van der Waals surface area contributed by atoms with E-state index in [1.807, 2.05) is 12.1 Å². The van der Waals surface area contributed by atoms with Crippen LogP contribution in [0, 0.1) is 11.8 Å². The van der Waals surface area contributed by atoms with Gasteiger partial charge in [-0.3, -0.25) is 0 Å². The van der Waals surface area contributed by atoms with Crippen LogP contribution in [-0.4, -0.2) is 19.7 Å². The van der Waals surface area contributed by atoms with E-state index < -0.39 is 6.09 Å². The normalized spacial score (nSPS) is 8.93. The van der Waals surface area contributed by atoms with E-state index in [2.05, 4.69) is 21.9 Å². The molecule has 0 saturated heterocycles. The molecule has 0 aliphatic rings. The highest BCUT2D eigenvalue weighted by Crippen LogP contribution is 2.14. The molecule has 1 aromatic heterocycles. The first-order valence-corrected chi connectivity index (χ1v) is 5.17. The molecular formula is C10H12N2O2S. The Labute approximate surface area is 92.4 Å². The third kappa shape index (κ3) is 4.02. The molecule has 80 valence electrons. The third-order valence-electron chi connectivity index (χ3n) is 1.57. The van der Waals surface area contributed by atoms with Gasteiger partial charge in [0, 0.05) is 4.88 Å². The van der Waals surface area contributed by atoms with E-state index in [1.54, 1.807) is 0 Å². The molecule has 3 N–H and O–H groups in total. The van der Waals surface area contributed by atoms with E-state index in [1.165, 1.54) is 18.4 Å². The summed E-state index contributed by atoms with van der Waals surface area (Å²) < 4.78 is 4.45. The number of nitrogens with two attached hydrogens (primary N) is 1. The van der Waals surface area contributed by atoms with Crippen molar-refractivity contribution in [3.63, 3.8) is 0 Å². The molecule has 15 heavy (non-hydrogen) atoms. The molecule has 0 unspecified atom stereocenters. The second-order valence-electron chi connectivity index (χ2n) is 2.62. The first-order valence-electron chi connectivity index (χ1n) is 4.35. The molecule has 0 atom stereocenters. The lowest BCUT2D eigenvalue weighted by Crippen LogP contribution is -2.21. The number of rotatable bonds is 2. The van der Waals surface area contributed by atoms with Crippen molar-refractivity contribution < 1.29 is 9.53 Å². The van der Waals surface area contributed by atoms with Gasteiger partial charge in [0.25, 0.3) is 0 Å². The van der Waals surface area contributed by atoms with Crippen molar-refractivity contribution in [2.45, 2.75) is 6.54 Å². The highest BCUT2D eigenvalue weighted by Gasteiger charge is 2.01. The Morgan fingerprint density at radius 1 is 1.67 bits per heavy atom. The topological polar surface area (TPSA) is 64.3 Å². The Kier molecular flexibility index (Phi) is 4.68. The van der Waals surface area contributed by atoms with E-state index in [-0.39, 0.29) is 0 Å². The Hall–Kier alpha value is -1.51. The minimum absolute atomic E-state index is 0.355. The number of alkyl carbamates (subject to hydrolysis) is 1. The first kappa shape index (κ1) is 11.6. The molecule has 1 heterocycles. The summed E-state index contributed by atoms with van der Waals surface area (Å²) in [6.07, 6.45) is -0.432. The van der Waals surface area contributed by atoms with Gasteiger partial charge in [0.15, 0.2) is 0 Å². The fourth-order valence-electron chi connectivity index (χ4n) is 0.910. The van der Waals surface area contributed by atoms with E-state index in [0.717, 1.165) is 9.75 Å². The van der Waals surface area contributed by atoms with Crippen molar-refractivity contribution in [1.29, 1.82) is 0 Å². The maximum Gasteiger partial charge on any atom is 0.407 e. The predicted octanol–water partition coefficient (Wildman–Crippen LogP) is 0.914. The minimum atomic E-state index is -0.432. The van der Waals surface area contributed by atoms with Crippen LogP contribution < -0.4 is 11.1 Å². The van der Waals surface area contributed by atoms with Gasteiger partial charge in [-0.05, 0) is 12.1 Å². The molecular weight excluding hydrogens is 212 g/mol. The monoisotopic (exact) mass is 224 g/mol. The zero-order valence-electron chi connectivity index (χ0n) is 8.37. The summed E-state index contributed by atoms with van der Waals surface area (Å²) >= 11 is 1.53. The average molecular weight is 224 g/mol. The van der Waals surface area contributed by atoms with Crippen molar-refractivity contribution in [2.75, 3.05) is 13.7 Å². The van der Waals surface area contributed by atoms with E-state index in [0.29, 0.717) is 13.1 Å². The Morgan fingerprint density at radius 3 is 3.13 bits per heavy atom. The number of thiophene rings is 1. The van der Waals surface area contributed by atoms with Gasteiger partial charge >= 0.3 is 6.09 Å². The van der Waals surface area contributed by atoms with Crippen molar-refractivity contribution >= 4 is 17.4 Å². The van der Waals surface area contributed by atoms with Crippen molar-refractivity contribution in [3.05, 3.63) is 21.9 Å². The van der Waals surface area contributed by atoms with E-state index in [9.17, 15) is 4.79 Å².